The van der Waals surface area contributed by atoms with Gasteiger partial charge in [0.1, 0.15) is 0 Å². The Morgan fingerprint density at radius 2 is 2.08 bits per heavy atom. The minimum atomic E-state index is -2.45. The van der Waals surface area contributed by atoms with Gasteiger partial charge in [-0.3, -0.25) is 0 Å². The average molecular weight is 191 g/mol. The molecule has 1 atom stereocenters. The highest BCUT2D eigenvalue weighted by molar-refractivity contribution is 4.95. The predicted molar refractivity (Wildman–Crippen MR) is 44.7 cm³/mol. The Morgan fingerprint density at radius 3 is 2.54 bits per heavy atom. The molecule has 1 unspecified atom stereocenters. The minimum absolute atomic E-state index is 0.0277. The third-order valence-corrected chi connectivity index (χ3v) is 3.06. The van der Waals surface area contributed by atoms with Gasteiger partial charge in [-0.1, -0.05) is 0 Å². The Morgan fingerprint density at radius 1 is 1.38 bits per heavy atom. The monoisotopic (exact) mass is 191 g/mol. The molecule has 0 radical (unpaired) electrons. The molecule has 2 fully saturated rings. The van der Waals surface area contributed by atoms with Gasteiger partial charge in [0.2, 0.25) is 5.92 Å². The Hall–Kier alpha value is -0.220. The standard InChI is InChI=1S/C9H15F2NO/c10-9(11)4-7(5-9)3-8(13)1-2-12-6-8/h7,12-13H,1-6H2. The van der Waals surface area contributed by atoms with Gasteiger partial charge in [0.15, 0.2) is 0 Å². The quantitative estimate of drug-likeness (QED) is 0.686. The van der Waals surface area contributed by atoms with Crippen LogP contribution in [0.25, 0.3) is 0 Å². The Bertz CT molecular complexity index is 194. The van der Waals surface area contributed by atoms with Crippen molar-refractivity contribution in [3.8, 4) is 0 Å². The van der Waals surface area contributed by atoms with E-state index in [0.29, 0.717) is 19.4 Å². The predicted octanol–water partition coefficient (Wildman–Crippen LogP) is 1.15. The number of β-amino-alcohol motifs (C(OH)–C–C–N with tert-alkyl or cyclic N) is 1. The van der Waals surface area contributed by atoms with Crippen LogP contribution >= 0.6 is 0 Å². The van der Waals surface area contributed by atoms with Gasteiger partial charge in [0, 0.05) is 19.4 Å². The summed E-state index contributed by atoms with van der Waals surface area (Å²) >= 11 is 0. The molecule has 0 aromatic heterocycles. The van der Waals surface area contributed by atoms with Gasteiger partial charge < -0.3 is 10.4 Å². The number of halogens is 2. The summed E-state index contributed by atoms with van der Waals surface area (Å²) in [6.45, 7) is 1.37. The topological polar surface area (TPSA) is 32.3 Å². The van der Waals surface area contributed by atoms with E-state index in [4.69, 9.17) is 0 Å². The van der Waals surface area contributed by atoms with Crippen LogP contribution in [-0.2, 0) is 0 Å². The summed E-state index contributed by atoms with van der Waals surface area (Å²) < 4.78 is 25.0. The smallest absolute Gasteiger partial charge is 0.248 e. The van der Waals surface area contributed by atoms with Gasteiger partial charge in [0.05, 0.1) is 5.60 Å². The van der Waals surface area contributed by atoms with Crippen LogP contribution < -0.4 is 5.32 Å². The molecular formula is C9H15F2NO. The van der Waals surface area contributed by atoms with Gasteiger partial charge in [-0.05, 0) is 25.3 Å². The third kappa shape index (κ3) is 1.99. The van der Waals surface area contributed by atoms with Gasteiger partial charge in [-0.15, -0.1) is 0 Å². The normalized spacial score (nSPS) is 39.0. The van der Waals surface area contributed by atoms with Crippen LogP contribution in [0.4, 0.5) is 8.78 Å². The Balaban J connectivity index is 1.79. The van der Waals surface area contributed by atoms with E-state index in [-0.39, 0.29) is 18.8 Å². The van der Waals surface area contributed by atoms with Crippen LogP contribution in [0.3, 0.4) is 0 Å². The molecule has 0 spiro atoms. The first-order valence-corrected chi connectivity index (χ1v) is 4.80. The summed E-state index contributed by atoms with van der Waals surface area (Å²) in [5, 5.41) is 12.9. The number of alkyl halides is 2. The molecule has 13 heavy (non-hydrogen) atoms. The molecule has 2 N–H and O–H groups in total. The number of hydrogen-bond donors (Lipinski definition) is 2. The maximum absolute atomic E-state index is 12.5. The first-order valence-electron chi connectivity index (χ1n) is 4.80. The Labute approximate surface area is 76.3 Å². The van der Waals surface area contributed by atoms with E-state index in [1.54, 1.807) is 0 Å². The van der Waals surface area contributed by atoms with E-state index < -0.39 is 11.5 Å². The molecule has 1 heterocycles. The van der Waals surface area contributed by atoms with Crippen molar-refractivity contribution in [3.05, 3.63) is 0 Å². The van der Waals surface area contributed by atoms with Crippen molar-refractivity contribution in [2.75, 3.05) is 13.1 Å². The fraction of sp³-hybridized carbons (Fsp3) is 1.00. The number of hydrogen-bond acceptors (Lipinski definition) is 2. The van der Waals surface area contributed by atoms with E-state index >= 15 is 0 Å². The van der Waals surface area contributed by atoms with Crippen LogP contribution in [0.1, 0.15) is 25.7 Å². The second-order valence-electron chi connectivity index (χ2n) is 4.49. The van der Waals surface area contributed by atoms with Crippen LogP contribution in [0, 0.1) is 5.92 Å². The molecule has 1 aliphatic heterocycles. The third-order valence-electron chi connectivity index (χ3n) is 3.06. The second-order valence-corrected chi connectivity index (χ2v) is 4.49. The zero-order chi connectivity index (χ0) is 9.53. The van der Waals surface area contributed by atoms with Gasteiger partial charge in [0.25, 0.3) is 0 Å². The van der Waals surface area contributed by atoms with E-state index in [1.165, 1.54) is 0 Å². The lowest BCUT2D eigenvalue weighted by Crippen LogP contribution is -2.42. The molecule has 0 bridgehead atoms. The fourth-order valence-corrected chi connectivity index (χ4v) is 2.37. The van der Waals surface area contributed by atoms with Gasteiger partial charge >= 0.3 is 0 Å². The molecule has 2 aliphatic rings. The van der Waals surface area contributed by atoms with E-state index in [0.717, 1.165) is 6.54 Å². The summed E-state index contributed by atoms with van der Waals surface area (Å²) in [6, 6.07) is 0. The van der Waals surface area contributed by atoms with Crippen LogP contribution in [0.2, 0.25) is 0 Å². The first-order chi connectivity index (χ1) is 5.99. The molecule has 76 valence electrons. The minimum Gasteiger partial charge on any atom is -0.389 e. The lowest BCUT2D eigenvalue weighted by molar-refractivity contribution is -0.127. The van der Waals surface area contributed by atoms with Crippen molar-refractivity contribution in [2.45, 2.75) is 37.2 Å². The number of aliphatic hydroxyl groups is 1. The molecule has 1 saturated carbocycles. The SMILES string of the molecule is OC1(CC2CC(F)(F)C2)CCNC1. The Kier molecular flexibility index (Phi) is 2.07. The molecule has 2 rings (SSSR count). The summed E-state index contributed by atoms with van der Waals surface area (Å²) in [5.74, 6) is -2.42. The van der Waals surface area contributed by atoms with E-state index in [9.17, 15) is 13.9 Å². The summed E-state index contributed by atoms with van der Waals surface area (Å²) in [5.41, 5.74) is -0.707. The van der Waals surface area contributed by atoms with Crippen molar-refractivity contribution in [1.29, 1.82) is 0 Å². The summed E-state index contributed by atoms with van der Waals surface area (Å²) in [4.78, 5) is 0. The zero-order valence-corrected chi connectivity index (χ0v) is 7.52. The first kappa shape index (κ1) is 9.34. The van der Waals surface area contributed by atoms with Gasteiger partial charge in [-0.25, -0.2) is 8.78 Å². The van der Waals surface area contributed by atoms with Crippen molar-refractivity contribution in [2.24, 2.45) is 5.92 Å². The average Bonchev–Trinajstić information content (AvgIpc) is 2.32. The largest absolute Gasteiger partial charge is 0.389 e. The van der Waals surface area contributed by atoms with Gasteiger partial charge in [-0.2, -0.15) is 0 Å². The molecule has 2 nitrogen and oxygen atoms in total. The molecule has 0 aromatic carbocycles. The van der Waals surface area contributed by atoms with E-state index in [2.05, 4.69) is 5.32 Å². The fourth-order valence-electron chi connectivity index (χ4n) is 2.37. The van der Waals surface area contributed by atoms with Crippen molar-refractivity contribution < 1.29 is 13.9 Å². The van der Waals surface area contributed by atoms with Crippen molar-refractivity contribution >= 4 is 0 Å². The zero-order valence-electron chi connectivity index (χ0n) is 7.52. The highest BCUT2D eigenvalue weighted by Crippen LogP contribution is 2.46. The maximum atomic E-state index is 12.5. The van der Waals surface area contributed by atoms with Crippen molar-refractivity contribution in [1.82, 2.24) is 5.32 Å². The molecule has 4 heteroatoms. The lowest BCUT2D eigenvalue weighted by atomic mass is 9.74. The second kappa shape index (κ2) is 2.89. The highest BCUT2D eigenvalue weighted by Gasteiger charge is 2.48. The van der Waals surface area contributed by atoms with E-state index in [1.807, 2.05) is 0 Å². The lowest BCUT2D eigenvalue weighted by Gasteiger charge is -2.38. The molecule has 0 aromatic rings. The number of nitrogens with one attached hydrogen (secondary N) is 1. The molecular weight excluding hydrogens is 176 g/mol. The molecule has 1 saturated heterocycles. The van der Waals surface area contributed by atoms with Crippen LogP contribution in [-0.4, -0.2) is 29.7 Å². The van der Waals surface area contributed by atoms with Crippen LogP contribution in [0.5, 0.6) is 0 Å². The van der Waals surface area contributed by atoms with Crippen molar-refractivity contribution in [3.63, 3.8) is 0 Å². The summed E-state index contributed by atoms with van der Waals surface area (Å²) in [6.07, 6.45) is 1.18. The highest BCUT2D eigenvalue weighted by atomic mass is 19.3. The maximum Gasteiger partial charge on any atom is 0.248 e. The molecule has 0 amide bonds. The van der Waals surface area contributed by atoms with Crippen LogP contribution in [0.15, 0.2) is 0 Å². The number of rotatable bonds is 2. The summed E-state index contributed by atoms with van der Waals surface area (Å²) in [7, 11) is 0. The molecule has 1 aliphatic carbocycles.